The molecule has 154 valence electrons. The zero-order valence-electron chi connectivity index (χ0n) is 16.1. The second-order valence-corrected chi connectivity index (χ2v) is 6.98. The second kappa shape index (κ2) is 10.6. The van der Waals surface area contributed by atoms with Crippen LogP contribution in [0, 0.1) is 5.82 Å². The fourth-order valence-corrected chi connectivity index (χ4v) is 2.85. The summed E-state index contributed by atoms with van der Waals surface area (Å²) in [4.78, 5) is 36.5. The predicted molar refractivity (Wildman–Crippen MR) is 107 cm³/mol. The number of amides is 2. The number of nitrogens with one attached hydrogen (secondary N) is 2. The van der Waals surface area contributed by atoms with Gasteiger partial charge in [-0.3, -0.25) is 14.4 Å². The Labute approximate surface area is 173 Å². The summed E-state index contributed by atoms with van der Waals surface area (Å²) in [6.45, 7) is 3.13. The normalized spacial score (nSPS) is 11.6. The molecular weight excluding hydrogens is 399 g/mol. The molecule has 0 fully saturated rings. The van der Waals surface area contributed by atoms with Crippen molar-refractivity contribution in [2.45, 2.75) is 32.4 Å². The van der Waals surface area contributed by atoms with Gasteiger partial charge >= 0.3 is 5.97 Å². The molecule has 0 radical (unpaired) electrons. The fraction of sp³-hybridized carbons (Fsp3) is 0.286. The molecule has 8 heteroatoms. The first-order valence-corrected chi connectivity index (χ1v) is 9.41. The number of hydrogen-bond acceptors (Lipinski definition) is 4. The molecular formula is C21H22ClFN2O4. The van der Waals surface area contributed by atoms with Crippen LogP contribution in [0.3, 0.4) is 0 Å². The summed E-state index contributed by atoms with van der Waals surface area (Å²) in [5.74, 6) is -1.98. The number of halogens is 2. The van der Waals surface area contributed by atoms with Crippen molar-refractivity contribution in [1.29, 1.82) is 0 Å². The number of carbonyl (C=O) groups excluding carboxylic acids is 3. The lowest BCUT2D eigenvalue weighted by molar-refractivity contribution is -0.148. The first kappa shape index (κ1) is 22.4. The molecule has 0 saturated carbocycles. The van der Waals surface area contributed by atoms with E-state index in [9.17, 15) is 18.8 Å². The molecule has 2 aromatic rings. The first-order chi connectivity index (χ1) is 13.8. The minimum atomic E-state index is -0.717. The molecule has 0 spiro atoms. The van der Waals surface area contributed by atoms with E-state index in [0.717, 1.165) is 12.1 Å². The molecule has 2 N–H and O–H groups in total. The third kappa shape index (κ3) is 7.19. The molecule has 0 bridgehead atoms. The zero-order chi connectivity index (χ0) is 21.4. The molecule has 1 atom stereocenters. The van der Waals surface area contributed by atoms with Crippen LogP contribution in [-0.2, 0) is 14.3 Å². The molecule has 0 heterocycles. The van der Waals surface area contributed by atoms with E-state index in [1.54, 1.807) is 38.1 Å². The summed E-state index contributed by atoms with van der Waals surface area (Å²) >= 11 is 6.21. The molecule has 0 aromatic heterocycles. The van der Waals surface area contributed by atoms with Crippen LogP contribution in [0.15, 0.2) is 48.5 Å². The third-order valence-electron chi connectivity index (χ3n) is 3.87. The molecule has 0 aliphatic heterocycles. The maximum absolute atomic E-state index is 12.9. The van der Waals surface area contributed by atoms with Gasteiger partial charge in [0, 0.05) is 10.6 Å². The van der Waals surface area contributed by atoms with Gasteiger partial charge in [-0.2, -0.15) is 0 Å². The summed E-state index contributed by atoms with van der Waals surface area (Å²) < 4.78 is 18.1. The van der Waals surface area contributed by atoms with E-state index in [2.05, 4.69) is 10.6 Å². The van der Waals surface area contributed by atoms with E-state index in [4.69, 9.17) is 16.3 Å². The lowest BCUT2D eigenvalue weighted by atomic mass is 10.0. The Morgan fingerprint density at radius 2 is 1.72 bits per heavy atom. The first-order valence-electron chi connectivity index (χ1n) is 9.03. The molecule has 2 rings (SSSR count). The van der Waals surface area contributed by atoms with Gasteiger partial charge in [-0.25, -0.2) is 4.39 Å². The van der Waals surface area contributed by atoms with E-state index < -0.39 is 29.6 Å². The highest BCUT2D eigenvalue weighted by molar-refractivity contribution is 6.31. The van der Waals surface area contributed by atoms with Crippen LogP contribution in [0.5, 0.6) is 0 Å². The topological polar surface area (TPSA) is 84.5 Å². The predicted octanol–water partition coefficient (Wildman–Crippen LogP) is 3.41. The molecule has 0 saturated heterocycles. The van der Waals surface area contributed by atoms with Gasteiger partial charge in [0.2, 0.25) is 5.91 Å². The largest absolute Gasteiger partial charge is 0.463 e. The lowest BCUT2D eigenvalue weighted by Gasteiger charge is -2.20. The molecule has 6 nitrogen and oxygen atoms in total. The average Bonchev–Trinajstić information content (AvgIpc) is 2.66. The Kier molecular flexibility index (Phi) is 8.15. The van der Waals surface area contributed by atoms with Crippen LogP contribution in [0.2, 0.25) is 5.02 Å². The molecule has 0 aliphatic carbocycles. The standard InChI is InChI=1S/C21H22ClFN2O4/c1-13(2)29-20(27)11-18(16-5-3-4-6-17(16)22)25-19(26)12-24-21(28)14-7-9-15(23)10-8-14/h3-10,13,18H,11-12H2,1-2H3,(H,24,28)(H,25,26)/t18-/m0/s1. The van der Waals surface area contributed by atoms with E-state index in [1.807, 2.05) is 0 Å². The quantitative estimate of drug-likeness (QED) is 0.641. The van der Waals surface area contributed by atoms with E-state index in [-0.39, 0.29) is 24.6 Å². The minimum absolute atomic E-state index is 0.112. The van der Waals surface area contributed by atoms with Crippen LogP contribution in [-0.4, -0.2) is 30.4 Å². The molecule has 2 amide bonds. The highest BCUT2D eigenvalue weighted by Crippen LogP contribution is 2.25. The SMILES string of the molecule is CC(C)OC(=O)C[C@H](NC(=O)CNC(=O)c1ccc(F)cc1)c1ccccc1Cl. The third-order valence-corrected chi connectivity index (χ3v) is 4.21. The van der Waals surface area contributed by atoms with Crippen LogP contribution >= 0.6 is 11.6 Å². The van der Waals surface area contributed by atoms with Gasteiger partial charge < -0.3 is 15.4 Å². The number of carbonyl (C=O) groups is 3. The van der Waals surface area contributed by atoms with Gasteiger partial charge in [-0.1, -0.05) is 29.8 Å². The Bertz CT molecular complexity index is 871. The Morgan fingerprint density at radius 1 is 1.07 bits per heavy atom. The van der Waals surface area contributed by atoms with Gasteiger partial charge in [-0.05, 0) is 49.7 Å². The Hall–Kier alpha value is -2.93. The minimum Gasteiger partial charge on any atom is -0.463 e. The van der Waals surface area contributed by atoms with Crippen LogP contribution in [0.1, 0.15) is 42.2 Å². The molecule has 0 aliphatic rings. The van der Waals surface area contributed by atoms with Gasteiger partial charge in [0.15, 0.2) is 0 Å². The molecule has 29 heavy (non-hydrogen) atoms. The van der Waals surface area contributed by atoms with Crippen molar-refractivity contribution in [3.8, 4) is 0 Å². The van der Waals surface area contributed by atoms with Crippen molar-refractivity contribution in [2.75, 3.05) is 6.54 Å². The Balaban J connectivity index is 2.02. The van der Waals surface area contributed by atoms with Gasteiger partial charge in [0.1, 0.15) is 5.82 Å². The number of esters is 1. The van der Waals surface area contributed by atoms with Gasteiger partial charge in [0.05, 0.1) is 25.1 Å². The number of hydrogen-bond donors (Lipinski definition) is 2. The van der Waals surface area contributed by atoms with Crippen LogP contribution < -0.4 is 10.6 Å². The number of benzene rings is 2. The summed E-state index contributed by atoms with van der Waals surface area (Å²) in [6, 6.07) is 11.1. The highest BCUT2D eigenvalue weighted by atomic mass is 35.5. The summed E-state index contributed by atoms with van der Waals surface area (Å²) in [5, 5.41) is 5.54. The van der Waals surface area contributed by atoms with Crippen molar-refractivity contribution in [3.63, 3.8) is 0 Å². The van der Waals surface area contributed by atoms with Gasteiger partial charge in [-0.15, -0.1) is 0 Å². The summed E-state index contributed by atoms with van der Waals surface area (Å²) in [7, 11) is 0. The molecule has 0 unspecified atom stereocenters. The Morgan fingerprint density at radius 3 is 2.34 bits per heavy atom. The smallest absolute Gasteiger partial charge is 0.308 e. The summed E-state index contributed by atoms with van der Waals surface area (Å²) in [5.41, 5.74) is 0.787. The molecule has 2 aromatic carbocycles. The zero-order valence-corrected chi connectivity index (χ0v) is 16.8. The van der Waals surface area contributed by atoms with Crippen LogP contribution in [0.4, 0.5) is 4.39 Å². The highest BCUT2D eigenvalue weighted by Gasteiger charge is 2.22. The van der Waals surface area contributed by atoms with Crippen molar-refractivity contribution >= 4 is 29.4 Å². The lowest BCUT2D eigenvalue weighted by Crippen LogP contribution is -2.39. The summed E-state index contributed by atoms with van der Waals surface area (Å²) in [6.07, 6.45) is -0.403. The van der Waals surface area contributed by atoms with Crippen molar-refractivity contribution in [1.82, 2.24) is 10.6 Å². The van der Waals surface area contributed by atoms with Crippen LogP contribution in [0.25, 0.3) is 0 Å². The fourth-order valence-electron chi connectivity index (χ4n) is 2.58. The monoisotopic (exact) mass is 420 g/mol. The van der Waals surface area contributed by atoms with Crippen molar-refractivity contribution in [3.05, 3.63) is 70.5 Å². The second-order valence-electron chi connectivity index (χ2n) is 6.57. The van der Waals surface area contributed by atoms with Crippen molar-refractivity contribution < 1.29 is 23.5 Å². The maximum Gasteiger partial charge on any atom is 0.308 e. The van der Waals surface area contributed by atoms with Gasteiger partial charge in [0.25, 0.3) is 5.91 Å². The van der Waals surface area contributed by atoms with Crippen molar-refractivity contribution in [2.24, 2.45) is 0 Å². The van der Waals surface area contributed by atoms with E-state index >= 15 is 0 Å². The number of ether oxygens (including phenoxy) is 1. The average molecular weight is 421 g/mol. The van der Waals surface area contributed by atoms with E-state index in [0.29, 0.717) is 10.6 Å². The number of rotatable bonds is 8. The maximum atomic E-state index is 12.9. The van der Waals surface area contributed by atoms with E-state index in [1.165, 1.54) is 12.1 Å².